The number of hydrogen-bond acceptors (Lipinski definition) is 4. The van der Waals surface area contributed by atoms with Crippen molar-refractivity contribution in [3.05, 3.63) is 45.9 Å². The summed E-state index contributed by atoms with van der Waals surface area (Å²) in [5, 5.41) is 13.1. The molecule has 19 heavy (non-hydrogen) atoms. The molecule has 0 saturated carbocycles. The van der Waals surface area contributed by atoms with Gasteiger partial charge in [0.25, 0.3) is 0 Å². The maximum absolute atomic E-state index is 12.1. The summed E-state index contributed by atoms with van der Waals surface area (Å²) >= 11 is 0. The number of rotatable bonds is 2. The minimum atomic E-state index is -0.0564. The first kappa shape index (κ1) is 11.7. The largest absolute Gasteiger partial charge is 0.346 e. The van der Waals surface area contributed by atoms with Gasteiger partial charge in [0, 0.05) is 19.2 Å². The summed E-state index contributed by atoms with van der Waals surface area (Å²) in [6.45, 7) is 1.16. The molecule has 2 aromatic heterocycles. The number of aryl methyl sites for hydroxylation is 1. The Labute approximate surface area is 109 Å². The van der Waals surface area contributed by atoms with Crippen molar-refractivity contribution in [2.75, 3.05) is 0 Å². The van der Waals surface area contributed by atoms with Gasteiger partial charge >= 0.3 is 5.69 Å². The SMILES string of the molecule is N#Cc1ccc(Cn2nc3n(c2=O)CCCC3)cn1. The van der Waals surface area contributed by atoms with Gasteiger partial charge in [0.1, 0.15) is 17.6 Å². The van der Waals surface area contributed by atoms with E-state index in [-0.39, 0.29) is 5.69 Å². The zero-order valence-electron chi connectivity index (χ0n) is 10.4. The molecule has 0 bridgehead atoms. The lowest BCUT2D eigenvalue weighted by atomic mass is 10.2. The van der Waals surface area contributed by atoms with E-state index in [1.54, 1.807) is 22.9 Å². The topological polar surface area (TPSA) is 76.5 Å². The highest BCUT2D eigenvalue weighted by atomic mass is 16.2. The summed E-state index contributed by atoms with van der Waals surface area (Å²) in [6.07, 6.45) is 4.61. The normalized spacial score (nSPS) is 13.8. The van der Waals surface area contributed by atoms with Gasteiger partial charge in [-0.05, 0) is 24.5 Å². The maximum Gasteiger partial charge on any atom is 0.346 e. The van der Waals surface area contributed by atoms with E-state index in [9.17, 15) is 4.79 Å². The van der Waals surface area contributed by atoms with Crippen molar-refractivity contribution in [3.63, 3.8) is 0 Å². The number of aromatic nitrogens is 4. The number of hydrogen-bond donors (Lipinski definition) is 0. The van der Waals surface area contributed by atoms with E-state index in [1.165, 1.54) is 4.68 Å². The van der Waals surface area contributed by atoms with E-state index in [1.807, 2.05) is 6.07 Å². The second kappa shape index (κ2) is 4.69. The minimum absolute atomic E-state index is 0.0564. The van der Waals surface area contributed by atoms with Crippen molar-refractivity contribution in [2.24, 2.45) is 0 Å². The van der Waals surface area contributed by atoms with Crippen LogP contribution in [0, 0.1) is 11.3 Å². The monoisotopic (exact) mass is 255 g/mol. The molecule has 0 unspecified atom stereocenters. The van der Waals surface area contributed by atoms with Gasteiger partial charge in [0.15, 0.2) is 0 Å². The molecule has 2 aromatic rings. The molecule has 1 aliphatic rings. The Bertz CT molecular complexity index is 689. The maximum atomic E-state index is 12.1. The van der Waals surface area contributed by atoms with E-state index in [0.717, 1.165) is 37.2 Å². The zero-order valence-corrected chi connectivity index (χ0v) is 10.4. The summed E-state index contributed by atoms with van der Waals surface area (Å²) in [5.74, 6) is 0.873. The lowest BCUT2D eigenvalue weighted by Gasteiger charge is -2.09. The molecule has 96 valence electrons. The van der Waals surface area contributed by atoms with Crippen molar-refractivity contribution in [2.45, 2.75) is 32.4 Å². The van der Waals surface area contributed by atoms with Crippen molar-refractivity contribution >= 4 is 0 Å². The fraction of sp³-hybridized carbons (Fsp3) is 0.385. The Balaban J connectivity index is 1.89. The van der Waals surface area contributed by atoms with Crippen LogP contribution in [0.1, 0.15) is 29.9 Å². The molecule has 0 saturated heterocycles. The Morgan fingerprint density at radius 1 is 1.37 bits per heavy atom. The summed E-state index contributed by atoms with van der Waals surface area (Å²) in [6, 6.07) is 5.42. The lowest BCUT2D eigenvalue weighted by Crippen LogP contribution is -2.27. The zero-order chi connectivity index (χ0) is 13.2. The third kappa shape index (κ3) is 2.15. The Morgan fingerprint density at radius 2 is 2.26 bits per heavy atom. The Kier molecular flexibility index (Phi) is 2.88. The van der Waals surface area contributed by atoms with Crippen LogP contribution in [0.15, 0.2) is 23.1 Å². The van der Waals surface area contributed by atoms with Crippen molar-refractivity contribution in [1.29, 1.82) is 5.26 Å². The molecule has 0 N–H and O–H groups in total. The van der Waals surface area contributed by atoms with Crippen molar-refractivity contribution < 1.29 is 0 Å². The first-order valence-corrected chi connectivity index (χ1v) is 6.29. The fourth-order valence-corrected chi connectivity index (χ4v) is 2.31. The number of nitrogens with zero attached hydrogens (tertiary/aromatic N) is 5. The second-order valence-electron chi connectivity index (χ2n) is 4.63. The van der Waals surface area contributed by atoms with Gasteiger partial charge in [-0.25, -0.2) is 14.5 Å². The van der Waals surface area contributed by atoms with Crippen LogP contribution in [0.4, 0.5) is 0 Å². The van der Waals surface area contributed by atoms with Gasteiger partial charge < -0.3 is 0 Å². The molecular formula is C13H13N5O. The molecule has 6 heteroatoms. The molecule has 3 rings (SSSR count). The van der Waals surface area contributed by atoms with Gasteiger partial charge in [-0.1, -0.05) is 6.07 Å². The van der Waals surface area contributed by atoms with Gasteiger partial charge in [-0.3, -0.25) is 4.57 Å². The van der Waals surface area contributed by atoms with Crippen LogP contribution < -0.4 is 5.69 Å². The highest BCUT2D eigenvalue weighted by Gasteiger charge is 2.16. The third-order valence-corrected chi connectivity index (χ3v) is 3.30. The number of pyridine rings is 1. The molecule has 0 aromatic carbocycles. The highest BCUT2D eigenvalue weighted by molar-refractivity contribution is 5.23. The van der Waals surface area contributed by atoms with Crippen molar-refractivity contribution in [1.82, 2.24) is 19.3 Å². The van der Waals surface area contributed by atoms with Crippen LogP contribution in [0.3, 0.4) is 0 Å². The van der Waals surface area contributed by atoms with E-state index >= 15 is 0 Å². The average molecular weight is 255 g/mol. The lowest BCUT2D eigenvalue weighted by molar-refractivity contribution is 0.511. The van der Waals surface area contributed by atoms with Crippen LogP contribution in [0.5, 0.6) is 0 Å². The molecule has 0 amide bonds. The predicted molar refractivity (Wildman–Crippen MR) is 67.5 cm³/mol. The minimum Gasteiger partial charge on any atom is -0.279 e. The summed E-state index contributed by atoms with van der Waals surface area (Å²) < 4.78 is 3.23. The quantitative estimate of drug-likeness (QED) is 0.791. The first-order valence-electron chi connectivity index (χ1n) is 6.29. The van der Waals surface area contributed by atoms with Crippen LogP contribution >= 0.6 is 0 Å². The molecule has 1 aliphatic heterocycles. The molecule has 0 atom stereocenters. The molecular weight excluding hydrogens is 242 g/mol. The summed E-state index contributed by atoms with van der Waals surface area (Å²) in [5.41, 5.74) is 1.19. The first-order chi connectivity index (χ1) is 9.28. The third-order valence-electron chi connectivity index (χ3n) is 3.30. The van der Waals surface area contributed by atoms with Gasteiger partial charge in [0.2, 0.25) is 0 Å². The molecule has 6 nitrogen and oxygen atoms in total. The van der Waals surface area contributed by atoms with Gasteiger partial charge in [-0.15, -0.1) is 0 Å². The van der Waals surface area contributed by atoms with Gasteiger partial charge in [-0.2, -0.15) is 10.4 Å². The van der Waals surface area contributed by atoms with E-state index in [0.29, 0.717) is 12.2 Å². The fourth-order valence-electron chi connectivity index (χ4n) is 2.31. The summed E-state index contributed by atoms with van der Waals surface area (Å²) in [7, 11) is 0. The molecule has 0 fully saturated rings. The Hall–Kier alpha value is -2.42. The van der Waals surface area contributed by atoms with E-state index in [2.05, 4.69) is 10.1 Å². The van der Waals surface area contributed by atoms with Crippen LogP contribution in [-0.4, -0.2) is 19.3 Å². The molecule has 0 radical (unpaired) electrons. The molecule has 0 aliphatic carbocycles. The average Bonchev–Trinajstić information content (AvgIpc) is 2.77. The highest BCUT2D eigenvalue weighted by Crippen LogP contribution is 2.10. The standard InChI is InChI=1S/C13H13N5O/c14-7-11-5-4-10(8-15-11)9-18-13(19)17-6-2-1-3-12(17)16-18/h4-5,8H,1-3,6,9H2. The second-order valence-corrected chi connectivity index (χ2v) is 4.63. The Morgan fingerprint density at radius 3 is 2.95 bits per heavy atom. The van der Waals surface area contributed by atoms with Gasteiger partial charge in [0.05, 0.1) is 6.54 Å². The predicted octanol–water partition coefficient (Wildman–Crippen LogP) is 0.696. The van der Waals surface area contributed by atoms with E-state index < -0.39 is 0 Å². The van der Waals surface area contributed by atoms with Crippen molar-refractivity contribution in [3.8, 4) is 6.07 Å². The van der Waals surface area contributed by atoms with E-state index in [4.69, 9.17) is 5.26 Å². The number of fused-ring (bicyclic) bond motifs is 1. The molecule has 0 spiro atoms. The van der Waals surface area contributed by atoms with Crippen LogP contribution in [-0.2, 0) is 19.5 Å². The number of nitriles is 1. The summed E-state index contributed by atoms with van der Waals surface area (Å²) in [4.78, 5) is 16.1. The smallest absolute Gasteiger partial charge is 0.279 e. The molecule has 3 heterocycles. The van der Waals surface area contributed by atoms with Crippen LogP contribution in [0.25, 0.3) is 0 Å². The van der Waals surface area contributed by atoms with Crippen LogP contribution in [0.2, 0.25) is 0 Å².